The van der Waals surface area contributed by atoms with Crippen LogP contribution >= 0.6 is 23.4 Å². The summed E-state index contributed by atoms with van der Waals surface area (Å²) in [7, 11) is 0. The minimum Gasteiger partial charge on any atom is -0.335 e. The van der Waals surface area contributed by atoms with E-state index in [1.54, 1.807) is 24.3 Å². The molecular weight excluding hydrogens is 323 g/mol. The van der Waals surface area contributed by atoms with Gasteiger partial charge in [-0.1, -0.05) is 53.7 Å². The molecule has 2 N–H and O–H groups in total. The molecule has 7 heteroatoms. The van der Waals surface area contributed by atoms with Gasteiger partial charge in [0.05, 0.1) is 5.02 Å². The molecule has 3 aromatic rings. The van der Waals surface area contributed by atoms with E-state index in [1.807, 2.05) is 18.2 Å². The van der Waals surface area contributed by atoms with Gasteiger partial charge in [-0.05, 0) is 23.8 Å². The van der Waals surface area contributed by atoms with Gasteiger partial charge in [0.25, 0.3) is 0 Å². The number of hydrogen-bond donors (Lipinski definition) is 1. The Morgan fingerprint density at radius 3 is 2.59 bits per heavy atom. The predicted molar refractivity (Wildman–Crippen MR) is 86.6 cm³/mol. The molecule has 0 aliphatic carbocycles. The van der Waals surface area contributed by atoms with Gasteiger partial charge in [-0.3, -0.25) is 0 Å². The van der Waals surface area contributed by atoms with E-state index in [-0.39, 0.29) is 5.82 Å². The molecule has 0 atom stereocenters. The number of aromatic nitrogens is 3. The van der Waals surface area contributed by atoms with Crippen LogP contribution in [0.25, 0.3) is 11.4 Å². The molecule has 112 valence electrons. The van der Waals surface area contributed by atoms with Crippen LogP contribution in [0.4, 0.5) is 4.39 Å². The molecule has 3 rings (SSSR count). The van der Waals surface area contributed by atoms with Crippen molar-refractivity contribution in [1.29, 1.82) is 0 Å². The molecule has 22 heavy (non-hydrogen) atoms. The summed E-state index contributed by atoms with van der Waals surface area (Å²) < 4.78 is 15.0. The fourth-order valence-electron chi connectivity index (χ4n) is 1.96. The third-order valence-electron chi connectivity index (χ3n) is 3.09. The Labute approximate surface area is 136 Å². The number of nitrogens with zero attached hydrogens (tertiary/aromatic N) is 3. The van der Waals surface area contributed by atoms with Gasteiger partial charge in [-0.15, -0.1) is 10.2 Å². The van der Waals surface area contributed by atoms with Crippen molar-refractivity contribution in [3.8, 4) is 11.4 Å². The Balaban J connectivity index is 1.83. The lowest BCUT2D eigenvalue weighted by Gasteiger charge is -2.05. The number of halogens is 2. The first-order valence-corrected chi connectivity index (χ1v) is 7.85. The zero-order chi connectivity index (χ0) is 15.5. The van der Waals surface area contributed by atoms with E-state index >= 15 is 0 Å². The SMILES string of the molecule is Nn1c(SCc2ccccc2F)nnc1-c1ccccc1Cl. The van der Waals surface area contributed by atoms with Crippen molar-refractivity contribution in [2.75, 3.05) is 5.84 Å². The van der Waals surface area contributed by atoms with E-state index in [9.17, 15) is 4.39 Å². The molecule has 0 fully saturated rings. The number of benzene rings is 2. The lowest BCUT2D eigenvalue weighted by atomic mass is 10.2. The summed E-state index contributed by atoms with van der Waals surface area (Å²) in [5.41, 5.74) is 1.30. The van der Waals surface area contributed by atoms with Crippen LogP contribution in [0, 0.1) is 5.82 Å². The van der Waals surface area contributed by atoms with Crippen LogP contribution < -0.4 is 5.84 Å². The van der Waals surface area contributed by atoms with Crippen LogP contribution in [-0.2, 0) is 5.75 Å². The molecular formula is C15H12ClFN4S. The third-order valence-corrected chi connectivity index (χ3v) is 4.42. The quantitative estimate of drug-likeness (QED) is 0.583. The number of nitrogens with two attached hydrogens (primary N) is 1. The van der Waals surface area contributed by atoms with E-state index in [1.165, 1.54) is 22.5 Å². The Morgan fingerprint density at radius 1 is 1.09 bits per heavy atom. The zero-order valence-electron chi connectivity index (χ0n) is 11.4. The number of nitrogen functional groups attached to an aromatic ring is 1. The lowest BCUT2D eigenvalue weighted by molar-refractivity contribution is 0.617. The highest BCUT2D eigenvalue weighted by molar-refractivity contribution is 7.98. The minimum absolute atomic E-state index is 0.246. The first-order chi connectivity index (χ1) is 10.7. The first-order valence-electron chi connectivity index (χ1n) is 6.48. The van der Waals surface area contributed by atoms with Crippen molar-refractivity contribution in [3.05, 3.63) is 64.9 Å². The number of hydrogen-bond acceptors (Lipinski definition) is 4. The van der Waals surface area contributed by atoms with E-state index in [0.29, 0.717) is 32.9 Å². The monoisotopic (exact) mass is 334 g/mol. The summed E-state index contributed by atoms with van der Waals surface area (Å²) in [5.74, 6) is 6.67. The second-order valence-electron chi connectivity index (χ2n) is 4.54. The molecule has 1 heterocycles. The smallest absolute Gasteiger partial charge is 0.210 e. The van der Waals surface area contributed by atoms with Crippen molar-refractivity contribution >= 4 is 23.4 Å². The molecule has 0 unspecified atom stereocenters. The largest absolute Gasteiger partial charge is 0.335 e. The Morgan fingerprint density at radius 2 is 1.82 bits per heavy atom. The van der Waals surface area contributed by atoms with Crippen LogP contribution in [0.3, 0.4) is 0 Å². The number of rotatable bonds is 4. The maximum atomic E-state index is 13.6. The average molecular weight is 335 g/mol. The van der Waals surface area contributed by atoms with Crippen molar-refractivity contribution in [2.24, 2.45) is 0 Å². The second kappa shape index (κ2) is 6.37. The van der Waals surface area contributed by atoms with E-state index in [2.05, 4.69) is 10.2 Å². The van der Waals surface area contributed by atoms with E-state index in [0.717, 1.165) is 0 Å². The summed E-state index contributed by atoms with van der Waals surface area (Å²) in [5, 5.41) is 9.16. The summed E-state index contributed by atoms with van der Waals surface area (Å²) >= 11 is 7.46. The predicted octanol–water partition coefficient (Wildman–Crippen LogP) is 3.74. The van der Waals surface area contributed by atoms with Crippen LogP contribution in [0.2, 0.25) is 5.02 Å². The van der Waals surface area contributed by atoms with Crippen LogP contribution in [0.1, 0.15) is 5.56 Å². The van der Waals surface area contributed by atoms with Gasteiger partial charge >= 0.3 is 0 Å². The molecule has 0 bridgehead atoms. The molecule has 0 aliphatic heterocycles. The Bertz CT molecular complexity index is 806. The molecule has 0 radical (unpaired) electrons. The van der Waals surface area contributed by atoms with Gasteiger partial charge in [0.1, 0.15) is 5.82 Å². The fourth-order valence-corrected chi connectivity index (χ4v) is 3.02. The highest BCUT2D eigenvalue weighted by Gasteiger charge is 2.15. The number of thioether (sulfide) groups is 1. The summed E-state index contributed by atoms with van der Waals surface area (Å²) in [6, 6.07) is 13.9. The normalized spacial score (nSPS) is 10.8. The average Bonchev–Trinajstić information content (AvgIpc) is 2.88. The molecule has 1 aromatic heterocycles. The molecule has 0 aliphatic rings. The fraction of sp³-hybridized carbons (Fsp3) is 0.0667. The van der Waals surface area contributed by atoms with Gasteiger partial charge in [-0.25, -0.2) is 9.07 Å². The van der Waals surface area contributed by atoms with Gasteiger partial charge in [0.15, 0.2) is 5.82 Å². The molecule has 0 spiro atoms. The van der Waals surface area contributed by atoms with Crippen LogP contribution in [0.5, 0.6) is 0 Å². The van der Waals surface area contributed by atoms with Gasteiger partial charge in [0, 0.05) is 11.3 Å². The van der Waals surface area contributed by atoms with E-state index < -0.39 is 0 Å². The van der Waals surface area contributed by atoms with Crippen molar-refractivity contribution in [3.63, 3.8) is 0 Å². The summed E-state index contributed by atoms with van der Waals surface area (Å²) in [6.07, 6.45) is 0. The maximum absolute atomic E-state index is 13.6. The highest BCUT2D eigenvalue weighted by Crippen LogP contribution is 2.28. The Hall–Kier alpha value is -2.05. The minimum atomic E-state index is -0.246. The topological polar surface area (TPSA) is 56.7 Å². The maximum Gasteiger partial charge on any atom is 0.210 e. The van der Waals surface area contributed by atoms with Crippen LogP contribution in [0.15, 0.2) is 53.7 Å². The van der Waals surface area contributed by atoms with Crippen molar-refractivity contribution in [2.45, 2.75) is 10.9 Å². The standard InChI is InChI=1S/C15H12ClFN4S/c16-12-7-3-2-6-11(12)14-19-20-15(21(14)18)22-9-10-5-1-4-8-13(10)17/h1-8H,9,18H2. The highest BCUT2D eigenvalue weighted by atomic mass is 35.5. The first kappa shape index (κ1) is 14.9. The molecule has 0 saturated heterocycles. The Kier molecular flexibility index (Phi) is 4.31. The zero-order valence-corrected chi connectivity index (χ0v) is 13.0. The van der Waals surface area contributed by atoms with Crippen molar-refractivity contribution < 1.29 is 4.39 Å². The van der Waals surface area contributed by atoms with Crippen LogP contribution in [-0.4, -0.2) is 14.9 Å². The van der Waals surface area contributed by atoms with Gasteiger partial charge in [0.2, 0.25) is 5.16 Å². The third kappa shape index (κ3) is 2.93. The summed E-state index contributed by atoms with van der Waals surface area (Å²) in [6.45, 7) is 0. The van der Waals surface area contributed by atoms with Crippen molar-refractivity contribution in [1.82, 2.24) is 14.9 Å². The molecule has 0 saturated carbocycles. The second-order valence-corrected chi connectivity index (χ2v) is 5.89. The molecule has 0 amide bonds. The molecule has 2 aromatic carbocycles. The van der Waals surface area contributed by atoms with Gasteiger partial charge in [-0.2, -0.15) is 0 Å². The lowest BCUT2D eigenvalue weighted by Crippen LogP contribution is -2.11. The van der Waals surface area contributed by atoms with E-state index in [4.69, 9.17) is 17.4 Å². The molecule has 4 nitrogen and oxygen atoms in total. The van der Waals surface area contributed by atoms with Gasteiger partial charge < -0.3 is 5.84 Å². The summed E-state index contributed by atoms with van der Waals surface area (Å²) in [4.78, 5) is 0.